The fraction of sp³-hybridized carbons (Fsp3) is 0.250. The predicted molar refractivity (Wildman–Crippen MR) is 154 cm³/mol. The molecule has 0 bridgehead atoms. The van der Waals surface area contributed by atoms with Crippen molar-refractivity contribution in [3.05, 3.63) is 78.5 Å². The predicted octanol–water partition coefficient (Wildman–Crippen LogP) is 1.97. The van der Waals surface area contributed by atoms with E-state index >= 15 is 4.39 Å². The number of carbonyl (C=O) groups is 3. The van der Waals surface area contributed by atoms with Crippen molar-refractivity contribution in [2.45, 2.75) is 32.1 Å². The number of carbonyl (C=O) groups excluding carboxylic acids is 3. The Bertz CT molecular complexity index is 1720. The van der Waals surface area contributed by atoms with Crippen LogP contribution in [0.4, 0.5) is 20.2 Å². The van der Waals surface area contributed by atoms with Gasteiger partial charge in [0.15, 0.2) is 23.1 Å². The molecule has 13 heteroatoms. The number of anilines is 2. The van der Waals surface area contributed by atoms with Crippen molar-refractivity contribution in [3.63, 3.8) is 0 Å². The number of aliphatic carboxylic acids is 1. The van der Waals surface area contributed by atoms with Gasteiger partial charge in [0.2, 0.25) is 11.8 Å². The number of unbranched alkanes of at least 4 members (excludes halogenated alkanes) is 1. The van der Waals surface area contributed by atoms with Crippen LogP contribution in [-0.2, 0) is 14.4 Å². The summed E-state index contributed by atoms with van der Waals surface area (Å²) in [5.41, 5.74) is -0.304. The van der Waals surface area contributed by atoms with Gasteiger partial charge in [0, 0.05) is 41.1 Å². The number of nitrogens with zero attached hydrogens (tertiary/aromatic N) is 1. The average molecular weight is 644 g/mol. The Morgan fingerprint density at radius 3 is 2.20 bits per heavy atom. The monoisotopic (exact) mass is 643 g/mol. The number of ether oxygens (including phenoxy) is 3. The summed E-state index contributed by atoms with van der Waals surface area (Å²) in [5.74, 6) is -2.45. The van der Waals surface area contributed by atoms with E-state index in [1.165, 1.54) is 49.7 Å². The number of aromatic nitrogens is 1. The molecule has 228 valence electrons. The Labute approximate surface area is 299 Å². The fourth-order valence-corrected chi connectivity index (χ4v) is 4.54. The van der Waals surface area contributed by atoms with Gasteiger partial charge in [0.1, 0.15) is 17.0 Å². The number of fused-ring (bicyclic) bond motifs is 1. The number of hydrogen-bond donors (Lipinski definition) is 2. The molecule has 0 saturated heterocycles. The van der Waals surface area contributed by atoms with Crippen LogP contribution < -0.4 is 81.3 Å². The normalized spacial score (nSPS) is 12.9. The molecule has 4 aromatic rings. The Morgan fingerprint density at radius 1 is 0.867 bits per heavy atom. The number of pyridine rings is 1. The zero-order chi connectivity index (χ0) is 31.3. The van der Waals surface area contributed by atoms with E-state index in [0.717, 1.165) is 6.07 Å². The minimum Gasteiger partial charge on any atom is -0.550 e. The number of rotatable bonds is 13. The third-order valence-corrected chi connectivity index (χ3v) is 7.15. The second-order valence-electron chi connectivity index (χ2n) is 10.3. The number of carboxylic acid groups (broad SMARTS) is 1. The molecule has 1 saturated carbocycles. The van der Waals surface area contributed by atoms with Gasteiger partial charge in [-0.2, -0.15) is 0 Å². The quantitative estimate of drug-likeness (QED) is 0.128. The summed E-state index contributed by atoms with van der Waals surface area (Å²) in [6, 6.07) is 14.0. The number of methoxy groups -OCH3 is 1. The van der Waals surface area contributed by atoms with Crippen molar-refractivity contribution in [2.24, 2.45) is 5.41 Å². The van der Waals surface area contributed by atoms with E-state index < -0.39 is 34.8 Å². The first-order valence-corrected chi connectivity index (χ1v) is 13.8. The number of halogens is 2. The van der Waals surface area contributed by atoms with E-state index in [2.05, 4.69) is 15.6 Å². The molecular formula is C32H28F2KN3O7. The minimum absolute atomic E-state index is 0. The summed E-state index contributed by atoms with van der Waals surface area (Å²) in [7, 11) is 1.46. The zero-order valence-corrected chi connectivity index (χ0v) is 27.8. The fourth-order valence-electron chi connectivity index (χ4n) is 4.54. The van der Waals surface area contributed by atoms with Crippen molar-refractivity contribution in [2.75, 3.05) is 24.4 Å². The number of hydrogen-bond acceptors (Lipinski definition) is 8. The summed E-state index contributed by atoms with van der Waals surface area (Å²) in [6.45, 7) is 0.263. The van der Waals surface area contributed by atoms with Crippen LogP contribution in [0.15, 0.2) is 66.9 Å². The minimum atomic E-state index is -1.30. The Morgan fingerprint density at radius 2 is 1.56 bits per heavy atom. The van der Waals surface area contributed by atoms with E-state index in [9.17, 15) is 23.9 Å². The summed E-state index contributed by atoms with van der Waals surface area (Å²) in [4.78, 5) is 40.7. The standard InChI is InChI=1S/C32H29F2N3O7.K/c1-42-27-17-22-24(18-28(27)43-15-3-2-4-29(38)39)35-14-11-25(22)44-26-10-9-21(16-23(26)34)37-31(41)32(12-13-32)30(40)36-20-7-5-19(33)6-8-20;/h5-11,14,16-18H,2-4,12-13,15H2,1H3,(H,36,40)(H,37,41)(H,38,39);/q;+1/p-1. The van der Waals surface area contributed by atoms with Crippen LogP contribution in [-0.4, -0.2) is 36.5 Å². The summed E-state index contributed by atoms with van der Waals surface area (Å²) in [6.07, 6.45) is 3.00. The first-order valence-electron chi connectivity index (χ1n) is 13.8. The molecule has 0 spiro atoms. The van der Waals surface area contributed by atoms with Crippen molar-refractivity contribution in [1.29, 1.82) is 0 Å². The molecule has 1 heterocycles. The van der Waals surface area contributed by atoms with Gasteiger partial charge in [-0.25, -0.2) is 8.78 Å². The van der Waals surface area contributed by atoms with Crippen molar-refractivity contribution >= 4 is 40.1 Å². The van der Waals surface area contributed by atoms with Gasteiger partial charge in [0.05, 0.1) is 19.2 Å². The van der Waals surface area contributed by atoms with Gasteiger partial charge in [-0.3, -0.25) is 14.6 Å². The van der Waals surface area contributed by atoms with Gasteiger partial charge >= 0.3 is 51.4 Å². The topological polar surface area (TPSA) is 139 Å². The molecule has 0 unspecified atom stereocenters. The largest absolute Gasteiger partial charge is 1.00 e. The number of carboxylic acids is 1. The third kappa shape index (κ3) is 8.35. The smallest absolute Gasteiger partial charge is 0.550 e. The van der Waals surface area contributed by atoms with Gasteiger partial charge in [-0.15, -0.1) is 0 Å². The Kier molecular flexibility index (Phi) is 11.5. The van der Waals surface area contributed by atoms with Crippen LogP contribution >= 0.6 is 0 Å². The molecule has 1 aliphatic carbocycles. The summed E-state index contributed by atoms with van der Waals surface area (Å²) >= 11 is 0. The van der Waals surface area contributed by atoms with E-state index in [0.29, 0.717) is 59.5 Å². The van der Waals surface area contributed by atoms with Crippen LogP contribution in [0, 0.1) is 17.0 Å². The number of amides is 2. The summed E-state index contributed by atoms with van der Waals surface area (Å²) in [5, 5.41) is 16.3. The van der Waals surface area contributed by atoms with Crippen LogP contribution in [0.1, 0.15) is 32.1 Å². The number of nitrogens with one attached hydrogen (secondary N) is 2. The van der Waals surface area contributed by atoms with Crippen LogP contribution in [0.5, 0.6) is 23.0 Å². The van der Waals surface area contributed by atoms with Crippen LogP contribution in [0.2, 0.25) is 0 Å². The molecule has 3 aromatic carbocycles. The van der Waals surface area contributed by atoms with Crippen LogP contribution in [0.3, 0.4) is 0 Å². The third-order valence-electron chi connectivity index (χ3n) is 7.15. The van der Waals surface area contributed by atoms with E-state index in [1.54, 1.807) is 18.2 Å². The van der Waals surface area contributed by atoms with Crippen molar-refractivity contribution in [1.82, 2.24) is 4.98 Å². The Hall–Kier alpha value is -3.62. The van der Waals surface area contributed by atoms with E-state index in [-0.39, 0.29) is 75.8 Å². The van der Waals surface area contributed by atoms with Gasteiger partial charge in [-0.1, -0.05) is 0 Å². The first-order chi connectivity index (χ1) is 21.2. The second kappa shape index (κ2) is 15.1. The molecule has 0 atom stereocenters. The average Bonchev–Trinajstić information content (AvgIpc) is 3.82. The first kappa shape index (κ1) is 34.3. The maximum atomic E-state index is 15.2. The van der Waals surface area contributed by atoms with E-state index in [4.69, 9.17) is 14.2 Å². The molecule has 2 N–H and O–H groups in total. The molecule has 1 fully saturated rings. The Balaban J connectivity index is 0.00000461. The van der Waals surface area contributed by atoms with Gasteiger partial charge in [0.25, 0.3) is 0 Å². The molecule has 1 aromatic heterocycles. The molecule has 45 heavy (non-hydrogen) atoms. The molecule has 0 aliphatic heterocycles. The molecule has 1 aliphatic rings. The molecular weight excluding hydrogens is 615 g/mol. The summed E-state index contributed by atoms with van der Waals surface area (Å²) < 4.78 is 45.4. The van der Waals surface area contributed by atoms with Crippen LogP contribution in [0.25, 0.3) is 10.9 Å². The molecule has 10 nitrogen and oxygen atoms in total. The zero-order valence-electron chi connectivity index (χ0n) is 24.7. The van der Waals surface area contributed by atoms with Crippen molar-refractivity contribution < 1.29 is 93.9 Å². The van der Waals surface area contributed by atoms with Gasteiger partial charge < -0.3 is 34.7 Å². The molecule has 5 rings (SSSR count). The molecule has 0 radical (unpaired) electrons. The van der Waals surface area contributed by atoms with E-state index in [1.807, 2.05) is 0 Å². The van der Waals surface area contributed by atoms with Gasteiger partial charge in [-0.05, 0) is 80.6 Å². The second-order valence-corrected chi connectivity index (χ2v) is 10.3. The van der Waals surface area contributed by atoms with Crippen molar-refractivity contribution in [3.8, 4) is 23.0 Å². The molecule has 2 amide bonds. The maximum Gasteiger partial charge on any atom is 1.00 e. The number of benzene rings is 3. The maximum absolute atomic E-state index is 15.2. The SMILES string of the molecule is COc1cc2c(Oc3ccc(NC(=O)C4(C(=O)Nc5ccc(F)cc5)CC4)cc3F)ccnc2cc1OCCCCC(=O)[O-].[K+].